The van der Waals surface area contributed by atoms with Crippen molar-refractivity contribution in [3.63, 3.8) is 0 Å². The Morgan fingerprint density at radius 1 is 1.40 bits per heavy atom. The number of hydrogen-bond donors (Lipinski definition) is 1. The lowest BCUT2D eigenvalue weighted by atomic mass is 10.2. The van der Waals surface area contributed by atoms with Crippen molar-refractivity contribution >= 4 is 0 Å². The van der Waals surface area contributed by atoms with Gasteiger partial charge in [-0.05, 0) is 25.1 Å². The van der Waals surface area contributed by atoms with Gasteiger partial charge in [0.05, 0.1) is 19.2 Å². The van der Waals surface area contributed by atoms with Gasteiger partial charge in [0.1, 0.15) is 12.2 Å². The first kappa shape index (κ1) is 14.6. The first-order valence-corrected chi connectivity index (χ1v) is 6.81. The summed E-state index contributed by atoms with van der Waals surface area (Å²) in [6.07, 6.45) is 5.51. The van der Waals surface area contributed by atoms with Gasteiger partial charge >= 0.3 is 0 Å². The second-order valence-corrected chi connectivity index (χ2v) is 4.95. The molecule has 1 N–H and O–H groups in total. The maximum absolute atomic E-state index is 9.71. The Morgan fingerprint density at radius 2 is 2.25 bits per heavy atom. The van der Waals surface area contributed by atoms with E-state index >= 15 is 0 Å². The van der Waals surface area contributed by atoms with Crippen LogP contribution in [0.3, 0.4) is 0 Å². The summed E-state index contributed by atoms with van der Waals surface area (Å²) >= 11 is 0. The summed E-state index contributed by atoms with van der Waals surface area (Å²) in [6.45, 7) is 3.94. The summed E-state index contributed by atoms with van der Waals surface area (Å²) in [5, 5.41) is 13.9. The zero-order valence-electron chi connectivity index (χ0n) is 12.0. The zero-order chi connectivity index (χ0) is 14.4. The van der Waals surface area contributed by atoms with Gasteiger partial charge in [0, 0.05) is 18.9 Å². The molecule has 0 amide bonds. The zero-order valence-corrected chi connectivity index (χ0v) is 12.0. The molecule has 2 aromatic rings. The first-order chi connectivity index (χ1) is 9.69. The van der Waals surface area contributed by atoms with Crippen molar-refractivity contribution in [3.05, 3.63) is 42.2 Å². The highest BCUT2D eigenvalue weighted by molar-refractivity contribution is 5.08. The van der Waals surface area contributed by atoms with E-state index in [0.717, 1.165) is 17.9 Å². The van der Waals surface area contributed by atoms with Gasteiger partial charge in [-0.1, -0.05) is 13.0 Å². The molecule has 0 aliphatic heterocycles. The number of aliphatic hydroxyl groups excluding tert-OH is 1. The summed E-state index contributed by atoms with van der Waals surface area (Å²) in [7, 11) is 2.03. The highest BCUT2D eigenvalue weighted by Crippen LogP contribution is 2.06. The average molecular weight is 275 g/mol. The standard InChI is InChI=1S/C14H21N5O/c1-3-13(20)9-19-14(16-11-17-19)10-18(2)8-12-5-4-6-15-7-12/h4-7,11,13,20H,3,8-10H2,1-2H3/t13-/m0/s1. The van der Waals surface area contributed by atoms with E-state index < -0.39 is 0 Å². The lowest BCUT2D eigenvalue weighted by Gasteiger charge is -2.17. The molecule has 0 radical (unpaired) electrons. The van der Waals surface area contributed by atoms with Crippen LogP contribution in [0.1, 0.15) is 24.7 Å². The van der Waals surface area contributed by atoms with Crippen molar-refractivity contribution in [2.24, 2.45) is 0 Å². The third-order valence-corrected chi connectivity index (χ3v) is 3.14. The van der Waals surface area contributed by atoms with Gasteiger partial charge in [-0.2, -0.15) is 5.10 Å². The number of aromatic nitrogens is 4. The number of pyridine rings is 1. The highest BCUT2D eigenvalue weighted by atomic mass is 16.3. The van der Waals surface area contributed by atoms with Crippen molar-refractivity contribution in [1.82, 2.24) is 24.6 Å². The van der Waals surface area contributed by atoms with Crippen LogP contribution < -0.4 is 0 Å². The van der Waals surface area contributed by atoms with Crippen LogP contribution in [-0.2, 0) is 19.6 Å². The van der Waals surface area contributed by atoms with E-state index in [4.69, 9.17) is 0 Å². The third-order valence-electron chi connectivity index (χ3n) is 3.14. The van der Waals surface area contributed by atoms with Crippen LogP contribution in [0, 0.1) is 0 Å². The Hall–Kier alpha value is -1.79. The topological polar surface area (TPSA) is 67.1 Å². The molecule has 0 aliphatic rings. The maximum atomic E-state index is 9.71. The first-order valence-electron chi connectivity index (χ1n) is 6.81. The smallest absolute Gasteiger partial charge is 0.141 e. The molecule has 1 atom stereocenters. The molecule has 0 aliphatic carbocycles. The molecule has 0 bridgehead atoms. The number of hydrogen-bond acceptors (Lipinski definition) is 5. The summed E-state index contributed by atoms with van der Waals surface area (Å²) in [5.41, 5.74) is 1.16. The lowest BCUT2D eigenvalue weighted by molar-refractivity contribution is 0.142. The second kappa shape index (κ2) is 7.12. The molecule has 2 heterocycles. The van der Waals surface area contributed by atoms with Gasteiger partial charge in [0.15, 0.2) is 0 Å². The molecule has 0 unspecified atom stereocenters. The monoisotopic (exact) mass is 275 g/mol. The Labute approximate surface area is 119 Å². The number of nitrogens with zero attached hydrogens (tertiary/aromatic N) is 5. The van der Waals surface area contributed by atoms with E-state index in [2.05, 4.69) is 26.0 Å². The van der Waals surface area contributed by atoms with Crippen molar-refractivity contribution in [1.29, 1.82) is 0 Å². The molecule has 6 heteroatoms. The van der Waals surface area contributed by atoms with Gasteiger partial charge in [-0.3, -0.25) is 9.88 Å². The summed E-state index contributed by atoms with van der Waals surface area (Å²) < 4.78 is 1.77. The summed E-state index contributed by atoms with van der Waals surface area (Å²) in [4.78, 5) is 10.5. The predicted octanol–water partition coefficient (Wildman–Crippen LogP) is 1.08. The van der Waals surface area contributed by atoms with Crippen LogP contribution in [0.15, 0.2) is 30.9 Å². The minimum Gasteiger partial charge on any atom is -0.391 e. The van der Waals surface area contributed by atoms with E-state index in [0.29, 0.717) is 19.5 Å². The van der Waals surface area contributed by atoms with Crippen LogP contribution in [0.2, 0.25) is 0 Å². The van der Waals surface area contributed by atoms with E-state index in [1.54, 1.807) is 10.9 Å². The normalized spacial score (nSPS) is 12.8. The van der Waals surface area contributed by atoms with E-state index in [1.807, 2.05) is 26.2 Å². The Bertz CT molecular complexity index is 513. The van der Waals surface area contributed by atoms with E-state index in [1.165, 1.54) is 6.33 Å². The van der Waals surface area contributed by atoms with E-state index in [-0.39, 0.29) is 6.10 Å². The molecule has 2 aromatic heterocycles. The van der Waals surface area contributed by atoms with Crippen LogP contribution in [0.5, 0.6) is 0 Å². The van der Waals surface area contributed by atoms with Crippen molar-refractivity contribution in [3.8, 4) is 0 Å². The molecule has 6 nitrogen and oxygen atoms in total. The van der Waals surface area contributed by atoms with Gasteiger partial charge in [-0.25, -0.2) is 9.67 Å². The molecule has 0 aromatic carbocycles. The fourth-order valence-corrected chi connectivity index (χ4v) is 1.99. The Balaban J connectivity index is 1.94. The third kappa shape index (κ3) is 4.11. The molecule has 0 saturated heterocycles. The van der Waals surface area contributed by atoms with Crippen LogP contribution in [0.25, 0.3) is 0 Å². The van der Waals surface area contributed by atoms with Crippen molar-refractivity contribution < 1.29 is 5.11 Å². The molecule has 0 spiro atoms. The van der Waals surface area contributed by atoms with Crippen LogP contribution in [-0.4, -0.2) is 42.9 Å². The number of aliphatic hydroxyl groups is 1. The van der Waals surface area contributed by atoms with Gasteiger partial charge in [0.2, 0.25) is 0 Å². The molecular weight excluding hydrogens is 254 g/mol. The van der Waals surface area contributed by atoms with Gasteiger partial charge in [-0.15, -0.1) is 0 Å². The largest absolute Gasteiger partial charge is 0.391 e. The predicted molar refractivity (Wildman–Crippen MR) is 75.7 cm³/mol. The second-order valence-electron chi connectivity index (χ2n) is 4.95. The van der Waals surface area contributed by atoms with Gasteiger partial charge < -0.3 is 5.11 Å². The Kier molecular flexibility index (Phi) is 5.20. The molecule has 2 rings (SSSR count). The summed E-state index contributed by atoms with van der Waals surface area (Å²) in [5.74, 6) is 0.865. The van der Waals surface area contributed by atoms with Crippen molar-refractivity contribution in [2.45, 2.75) is 39.1 Å². The Morgan fingerprint density at radius 3 is 2.95 bits per heavy atom. The molecule has 0 saturated carbocycles. The fourth-order valence-electron chi connectivity index (χ4n) is 1.99. The van der Waals surface area contributed by atoms with Gasteiger partial charge in [0.25, 0.3) is 0 Å². The highest BCUT2D eigenvalue weighted by Gasteiger charge is 2.11. The minimum absolute atomic E-state index is 0.376. The lowest BCUT2D eigenvalue weighted by Crippen LogP contribution is -2.23. The fraction of sp³-hybridized carbons (Fsp3) is 0.500. The van der Waals surface area contributed by atoms with Crippen LogP contribution >= 0.6 is 0 Å². The molecule has 20 heavy (non-hydrogen) atoms. The number of rotatable bonds is 7. The quantitative estimate of drug-likeness (QED) is 0.819. The molecular formula is C14H21N5O. The minimum atomic E-state index is -0.376. The van der Waals surface area contributed by atoms with Crippen LogP contribution in [0.4, 0.5) is 0 Å². The maximum Gasteiger partial charge on any atom is 0.141 e. The molecule has 0 fully saturated rings. The average Bonchev–Trinajstić information content (AvgIpc) is 2.86. The van der Waals surface area contributed by atoms with E-state index in [9.17, 15) is 5.11 Å². The SMILES string of the molecule is CC[C@H](O)Cn1ncnc1CN(C)Cc1cccnc1. The molecule has 108 valence electrons. The van der Waals surface area contributed by atoms with Crippen molar-refractivity contribution in [2.75, 3.05) is 7.05 Å². The summed E-state index contributed by atoms with van der Waals surface area (Å²) in [6, 6.07) is 3.98.